The molecule has 0 aliphatic carbocycles. The number of aromatic nitrogens is 2. The molecule has 1 aromatic carbocycles. The minimum Gasteiger partial charge on any atom is -0.370 e. The molecule has 0 aliphatic heterocycles. The summed E-state index contributed by atoms with van der Waals surface area (Å²) >= 11 is 8.15. The van der Waals surface area contributed by atoms with Gasteiger partial charge in [0.1, 0.15) is 11.6 Å². The topological polar surface area (TPSA) is 75.9 Å². The van der Waals surface area contributed by atoms with E-state index in [9.17, 15) is 0 Å². The van der Waals surface area contributed by atoms with E-state index in [0.29, 0.717) is 16.7 Å². The van der Waals surface area contributed by atoms with Gasteiger partial charge in [-0.15, -0.1) is 0 Å². The Labute approximate surface area is 136 Å². The average Bonchev–Trinajstić information content (AvgIpc) is 2.39. The van der Waals surface area contributed by atoms with Crippen molar-refractivity contribution >= 4 is 57.5 Å². The molecule has 4 N–H and O–H groups in total. The molecule has 0 saturated heterocycles. The highest BCUT2D eigenvalue weighted by atomic mass is 127. The van der Waals surface area contributed by atoms with Gasteiger partial charge in [-0.05, 0) is 47.2 Å². The predicted octanol–water partition coefficient (Wildman–Crippen LogP) is 3.88. The second kappa shape index (κ2) is 6.94. The SMILES string of the molecule is CCCNc1cc(Nc2ccc(Cl)cc2I)nc(N)n1. The summed E-state index contributed by atoms with van der Waals surface area (Å²) in [5.41, 5.74) is 6.65. The number of hydrogen-bond acceptors (Lipinski definition) is 5. The molecule has 7 heteroatoms. The maximum Gasteiger partial charge on any atom is 0.223 e. The number of hydrogen-bond donors (Lipinski definition) is 3. The molecule has 2 rings (SSSR count). The third-order valence-corrected chi connectivity index (χ3v) is 3.62. The van der Waals surface area contributed by atoms with Crippen LogP contribution in [0.15, 0.2) is 24.3 Å². The van der Waals surface area contributed by atoms with E-state index in [-0.39, 0.29) is 5.95 Å². The van der Waals surface area contributed by atoms with Crippen LogP contribution in [0, 0.1) is 3.57 Å². The number of nitrogens with zero attached hydrogens (tertiary/aromatic N) is 2. The zero-order valence-corrected chi connectivity index (χ0v) is 13.9. The van der Waals surface area contributed by atoms with Crippen molar-refractivity contribution in [2.45, 2.75) is 13.3 Å². The van der Waals surface area contributed by atoms with Crippen molar-refractivity contribution in [2.75, 3.05) is 22.9 Å². The first-order valence-electron chi connectivity index (χ1n) is 6.19. The third kappa shape index (κ3) is 4.11. The maximum atomic E-state index is 5.94. The van der Waals surface area contributed by atoms with Crippen LogP contribution in [0.25, 0.3) is 0 Å². The van der Waals surface area contributed by atoms with Gasteiger partial charge in [-0.25, -0.2) is 0 Å². The standard InChI is InChI=1S/C13H15ClIN5/c1-2-5-17-11-7-12(20-13(16)19-11)18-10-4-3-8(14)6-9(10)15/h3-4,6-7H,2,5H2,1H3,(H4,16,17,18,19,20). The van der Waals surface area contributed by atoms with Gasteiger partial charge in [0.15, 0.2) is 0 Å². The fraction of sp³-hybridized carbons (Fsp3) is 0.231. The van der Waals surface area contributed by atoms with Crippen molar-refractivity contribution in [3.63, 3.8) is 0 Å². The van der Waals surface area contributed by atoms with E-state index in [1.165, 1.54) is 0 Å². The summed E-state index contributed by atoms with van der Waals surface area (Å²) in [5.74, 6) is 1.60. The molecule has 0 spiro atoms. The van der Waals surface area contributed by atoms with Gasteiger partial charge >= 0.3 is 0 Å². The summed E-state index contributed by atoms with van der Waals surface area (Å²) in [5, 5.41) is 7.11. The van der Waals surface area contributed by atoms with E-state index >= 15 is 0 Å². The van der Waals surface area contributed by atoms with Crippen LogP contribution in [-0.4, -0.2) is 16.5 Å². The molecule has 5 nitrogen and oxygen atoms in total. The highest BCUT2D eigenvalue weighted by Gasteiger charge is 2.05. The van der Waals surface area contributed by atoms with Gasteiger partial charge in [-0.2, -0.15) is 9.97 Å². The Balaban J connectivity index is 2.21. The Hall–Kier alpha value is -1.28. The lowest BCUT2D eigenvalue weighted by molar-refractivity contribution is 0.967. The number of nitrogen functional groups attached to an aromatic ring is 1. The van der Waals surface area contributed by atoms with Gasteiger partial charge in [0.2, 0.25) is 5.95 Å². The molecular weight excluding hydrogens is 389 g/mol. The van der Waals surface area contributed by atoms with Crippen LogP contribution in [0.2, 0.25) is 5.02 Å². The Bertz CT molecular complexity index is 605. The lowest BCUT2D eigenvalue weighted by atomic mass is 10.3. The monoisotopic (exact) mass is 403 g/mol. The third-order valence-electron chi connectivity index (χ3n) is 2.49. The van der Waals surface area contributed by atoms with Crippen LogP contribution >= 0.6 is 34.2 Å². The second-order valence-corrected chi connectivity index (χ2v) is 5.77. The van der Waals surface area contributed by atoms with E-state index in [1.54, 1.807) is 0 Å². The molecule has 0 aliphatic rings. The zero-order chi connectivity index (χ0) is 14.5. The Morgan fingerprint density at radius 1 is 1.25 bits per heavy atom. The van der Waals surface area contributed by atoms with Crippen LogP contribution in [0.5, 0.6) is 0 Å². The maximum absolute atomic E-state index is 5.94. The van der Waals surface area contributed by atoms with Gasteiger partial charge in [-0.1, -0.05) is 18.5 Å². The van der Waals surface area contributed by atoms with Crippen LogP contribution in [-0.2, 0) is 0 Å². The van der Waals surface area contributed by atoms with Gasteiger partial charge < -0.3 is 16.4 Å². The number of benzene rings is 1. The summed E-state index contributed by atoms with van der Waals surface area (Å²) in [6.45, 7) is 2.93. The van der Waals surface area contributed by atoms with Crippen LogP contribution in [0.3, 0.4) is 0 Å². The van der Waals surface area contributed by atoms with Gasteiger partial charge in [0, 0.05) is 21.2 Å². The summed E-state index contributed by atoms with van der Waals surface area (Å²) in [6, 6.07) is 7.44. The minimum absolute atomic E-state index is 0.234. The van der Waals surface area contributed by atoms with Crippen molar-refractivity contribution in [1.29, 1.82) is 0 Å². The summed E-state index contributed by atoms with van der Waals surface area (Å²) in [7, 11) is 0. The quantitative estimate of drug-likeness (QED) is 0.661. The van der Waals surface area contributed by atoms with Crippen LogP contribution in [0.4, 0.5) is 23.3 Å². The molecule has 1 aromatic heterocycles. The summed E-state index contributed by atoms with van der Waals surface area (Å²) in [4.78, 5) is 8.32. The average molecular weight is 404 g/mol. The smallest absolute Gasteiger partial charge is 0.223 e. The molecule has 0 fully saturated rings. The lowest BCUT2D eigenvalue weighted by Gasteiger charge is -2.11. The zero-order valence-electron chi connectivity index (χ0n) is 11.0. The molecule has 1 heterocycles. The van der Waals surface area contributed by atoms with Crippen molar-refractivity contribution in [2.24, 2.45) is 0 Å². The Morgan fingerprint density at radius 3 is 2.70 bits per heavy atom. The first-order chi connectivity index (χ1) is 9.58. The van der Waals surface area contributed by atoms with E-state index in [0.717, 1.165) is 22.2 Å². The fourth-order valence-corrected chi connectivity index (χ4v) is 2.61. The molecule has 0 saturated carbocycles. The van der Waals surface area contributed by atoms with E-state index in [4.69, 9.17) is 17.3 Å². The number of halogens is 2. The first kappa shape index (κ1) is 15.1. The second-order valence-electron chi connectivity index (χ2n) is 4.17. The molecule has 20 heavy (non-hydrogen) atoms. The largest absolute Gasteiger partial charge is 0.370 e. The predicted molar refractivity (Wildman–Crippen MR) is 92.7 cm³/mol. The van der Waals surface area contributed by atoms with Crippen molar-refractivity contribution in [3.05, 3.63) is 32.9 Å². The minimum atomic E-state index is 0.234. The number of rotatable bonds is 5. The molecule has 106 valence electrons. The summed E-state index contributed by atoms with van der Waals surface area (Å²) < 4.78 is 1.01. The first-order valence-corrected chi connectivity index (χ1v) is 7.64. The molecule has 0 unspecified atom stereocenters. The highest BCUT2D eigenvalue weighted by Crippen LogP contribution is 2.25. The molecule has 0 radical (unpaired) electrons. The molecule has 2 aromatic rings. The summed E-state index contributed by atoms with van der Waals surface area (Å²) in [6.07, 6.45) is 1.02. The van der Waals surface area contributed by atoms with Crippen molar-refractivity contribution < 1.29 is 0 Å². The Kier molecular flexibility index (Phi) is 5.24. The van der Waals surface area contributed by atoms with Crippen molar-refractivity contribution in [1.82, 2.24) is 9.97 Å². The molecule has 0 atom stereocenters. The van der Waals surface area contributed by atoms with Gasteiger partial charge in [0.05, 0.1) is 5.69 Å². The van der Waals surface area contributed by atoms with E-state index in [2.05, 4.69) is 50.1 Å². The molecule has 0 bridgehead atoms. The van der Waals surface area contributed by atoms with Crippen LogP contribution in [0.1, 0.15) is 13.3 Å². The lowest BCUT2D eigenvalue weighted by Crippen LogP contribution is -2.07. The van der Waals surface area contributed by atoms with Gasteiger partial charge in [-0.3, -0.25) is 0 Å². The fourth-order valence-electron chi connectivity index (χ4n) is 1.60. The van der Waals surface area contributed by atoms with E-state index < -0.39 is 0 Å². The number of nitrogens with one attached hydrogen (secondary N) is 2. The van der Waals surface area contributed by atoms with E-state index in [1.807, 2.05) is 24.3 Å². The van der Waals surface area contributed by atoms with Gasteiger partial charge in [0.25, 0.3) is 0 Å². The molecular formula is C13H15ClIN5. The normalized spacial score (nSPS) is 10.3. The van der Waals surface area contributed by atoms with Crippen LogP contribution < -0.4 is 16.4 Å². The molecule has 0 amide bonds. The number of anilines is 4. The Morgan fingerprint density at radius 2 is 2.00 bits per heavy atom. The highest BCUT2D eigenvalue weighted by molar-refractivity contribution is 14.1. The van der Waals surface area contributed by atoms with Crippen molar-refractivity contribution in [3.8, 4) is 0 Å². The number of nitrogens with two attached hydrogens (primary N) is 1.